The highest BCUT2D eigenvalue weighted by Crippen LogP contribution is 2.43. The van der Waals surface area contributed by atoms with Crippen LogP contribution in [-0.2, 0) is 9.59 Å². The van der Waals surface area contributed by atoms with E-state index in [1.165, 1.54) is 6.07 Å². The Morgan fingerprint density at radius 1 is 1.21 bits per heavy atom. The number of nitrogens with zero attached hydrogens (tertiary/aromatic N) is 2. The smallest absolute Gasteiger partial charge is 0.322 e. The normalized spacial score (nSPS) is 24.9. The zero-order valence-electron chi connectivity index (χ0n) is 16.0. The first-order chi connectivity index (χ1) is 13.4. The molecule has 7 nitrogen and oxygen atoms in total. The Morgan fingerprint density at radius 3 is 2.50 bits per heavy atom. The number of piperazine rings is 1. The van der Waals surface area contributed by atoms with Gasteiger partial charge in [-0.1, -0.05) is 6.07 Å². The lowest BCUT2D eigenvalue weighted by Crippen LogP contribution is -2.51. The first-order valence-corrected chi connectivity index (χ1v) is 9.81. The van der Waals surface area contributed by atoms with E-state index in [-0.39, 0.29) is 30.0 Å². The van der Waals surface area contributed by atoms with Gasteiger partial charge in [-0.25, -0.2) is 9.18 Å². The molecule has 1 unspecified atom stereocenters. The summed E-state index contributed by atoms with van der Waals surface area (Å²) in [6.07, 6.45) is 2.35. The van der Waals surface area contributed by atoms with E-state index < -0.39 is 11.6 Å². The van der Waals surface area contributed by atoms with Crippen molar-refractivity contribution in [2.24, 2.45) is 5.92 Å². The summed E-state index contributed by atoms with van der Waals surface area (Å²) in [5, 5.41) is 5.08. The number of imide groups is 1. The van der Waals surface area contributed by atoms with E-state index in [2.05, 4.69) is 15.5 Å². The average molecular weight is 388 g/mol. The zero-order valence-corrected chi connectivity index (χ0v) is 16.0. The van der Waals surface area contributed by atoms with Crippen molar-refractivity contribution >= 4 is 23.5 Å². The lowest BCUT2D eigenvalue weighted by Gasteiger charge is -2.36. The van der Waals surface area contributed by atoms with Gasteiger partial charge in [0, 0.05) is 38.3 Å². The van der Waals surface area contributed by atoms with Crippen molar-refractivity contribution in [3.8, 4) is 0 Å². The lowest BCUT2D eigenvalue weighted by molar-refractivity contribution is -0.132. The summed E-state index contributed by atoms with van der Waals surface area (Å²) < 4.78 is 13.8. The zero-order chi connectivity index (χ0) is 19.9. The van der Waals surface area contributed by atoms with Gasteiger partial charge in [0.1, 0.15) is 11.4 Å². The van der Waals surface area contributed by atoms with Gasteiger partial charge < -0.3 is 15.1 Å². The Bertz CT molecular complexity index is 818. The minimum Gasteiger partial charge on any atom is -0.368 e. The second-order valence-corrected chi connectivity index (χ2v) is 7.96. The molecule has 3 aliphatic rings. The Morgan fingerprint density at radius 2 is 1.93 bits per heavy atom. The SMILES string of the molecule is Cc1ccc(N2CCN(C(=O)CCC3(C4CC4)NC(=O)NC3=O)CC2)cc1F. The van der Waals surface area contributed by atoms with Gasteiger partial charge >= 0.3 is 6.03 Å². The Balaban J connectivity index is 1.32. The molecule has 0 radical (unpaired) electrons. The molecule has 2 saturated heterocycles. The van der Waals surface area contributed by atoms with Gasteiger partial charge in [0.15, 0.2) is 0 Å². The molecule has 1 atom stereocenters. The molecule has 2 heterocycles. The quantitative estimate of drug-likeness (QED) is 0.750. The third-order valence-corrected chi connectivity index (χ3v) is 6.13. The van der Waals surface area contributed by atoms with Gasteiger partial charge in [-0.3, -0.25) is 14.9 Å². The number of halogens is 1. The number of aryl methyl sites for hydroxylation is 1. The van der Waals surface area contributed by atoms with Crippen LogP contribution >= 0.6 is 0 Å². The Hall–Kier alpha value is -2.64. The van der Waals surface area contributed by atoms with Crippen LogP contribution in [0.2, 0.25) is 0 Å². The van der Waals surface area contributed by atoms with Crippen LogP contribution in [0.3, 0.4) is 0 Å². The van der Waals surface area contributed by atoms with Crippen LogP contribution < -0.4 is 15.5 Å². The number of carbonyl (C=O) groups excluding carboxylic acids is 3. The number of rotatable bonds is 5. The fraction of sp³-hybridized carbons (Fsp3) is 0.550. The van der Waals surface area contributed by atoms with Crippen LogP contribution in [-0.4, -0.2) is 54.5 Å². The van der Waals surface area contributed by atoms with Crippen LogP contribution in [0.25, 0.3) is 0 Å². The second-order valence-electron chi connectivity index (χ2n) is 7.96. The third kappa shape index (κ3) is 3.43. The van der Waals surface area contributed by atoms with Gasteiger partial charge in [0.05, 0.1) is 0 Å². The number of urea groups is 1. The fourth-order valence-electron chi connectivity index (χ4n) is 4.20. The maximum Gasteiger partial charge on any atom is 0.322 e. The van der Waals surface area contributed by atoms with Crippen molar-refractivity contribution in [1.82, 2.24) is 15.5 Å². The largest absolute Gasteiger partial charge is 0.368 e. The van der Waals surface area contributed by atoms with Crippen molar-refractivity contribution < 1.29 is 18.8 Å². The van der Waals surface area contributed by atoms with Crippen molar-refractivity contribution in [3.05, 3.63) is 29.6 Å². The third-order valence-electron chi connectivity index (χ3n) is 6.13. The predicted octanol–water partition coefficient (Wildman–Crippen LogP) is 1.55. The van der Waals surface area contributed by atoms with Crippen LogP contribution in [0, 0.1) is 18.7 Å². The van der Waals surface area contributed by atoms with E-state index in [4.69, 9.17) is 0 Å². The van der Waals surface area contributed by atoms with E-state index >= 15 is 0 Å². The second kappa shape index (κ2) is 7.07. The molecule has 1 aromatic rings. The molecule has 0 spiro atoms. The highest BCUT2D eigenvalue weighted by Gasteiger charge is 2.55. The minimum atomic E-state index is -0.923. The van der Waals surface area contributed by atoms with E-state index in [1.807, 2.05) is 6.07 Å². The molecular formula is C20H25FN4O3. The molecule has 2 N–H and O–H groups in total. The van der Waals surface area contributed by atoms with Crippen molar-refractivity contribution in [1.29, 1.82) is 0 Å². The Kier molecular flexibility index (Phi) is 4.72. The summed E-state index contributed by atoms with van der Waals surface area (Å²) in [5.41, 5.74) is 0.520. The topological polar surface area (TPSA) is 81.8 Å². The lowest BCUT2D eigenvalue weighted by atomic mass is 9.87. The summed E-state index contributed by atoms with van der Waals surface area (Å²) >= 11 is 0. The molecule has 28 heavy (non-hydrogen) atoms. The summed E-state index contributed by atoms with van der Waals surface area (Å²) in [6, 6.07) is 4.73. The first-order valence-electron chi connectivity index (χ1n) is 9.81. The highest BCUT2D eigenvalue weighted by molar-refractivity contribution is 6.07. The highest BCUT2D eigenvalue weighted by atomic mass is 19.1. The number of carbonyl (C=O) groups is 3. The molecular weight excluding hydrogens is 363 g/mol. The van der Waals surface area contributed by atoms with Gasteiger partial charge in [-0.05, 0) is 49.8 Å². The summed E-state index contributed by atoms with van der Waals surface area (Å²) in [7, 11) is 0. The Labute approximate surface area is 163 Å². The number of hydrogen-bond acceptors (Lipinski definition) is 4. The molecule has 0 aromatic heterocycles. The molecule has 1 saturated carbocycles. The van der Waals surface area contributed by atoms with Crippen molar-refractivity contribution in [2.45, 2.75) is 38.1 Å². The van der Waals surface area contributed by atoms with Crippen LogP contribution in [0.5, 0.6) is 0 Å². The molecule has 4 amide bonds. The molecule has 2 aliphatic heterocycles. The molecule has 1 aliphatic carbocycles. The predicted molar refractivity (Wildman–Crippen MR) is 101 cm³/mol. The average Bonchev–Trinajstić information content (AvgIpc) is 3.48. The number of benzene rings is 1. The van der Waals surface area contributed by atoms with Gasteiger partial charge in [0.25, 0.3) is 5.91 Å². The molecule has 150 valence electrons. The molecule has 1 aromatic carbocycles. The molecule has 0 bridgehead atoms. The number of amides is 4. The van der Waals surface area contributed by atoms with E-state index in [0.29, 0.717) is 38.2 Å². The first kappa shape index (κ1) is 18.7. The maximum atomic E-state index is 13.8. The van der Waals surface area contributed by atoms with E-state index in [1.54, 1.807) is 17.9 Å². The number of nitrogens with one attached hydrogen (secondary N) is 2. The van der Waals surface area contributed by atoms with E-state index in [0.717, 1.165) is 18.5 Å². The molecule has 4 rings (SSSR count). The van der Waals surface area contributed by atoms with Crippen molar-refractivity contribution in [3.63, 3.8) is 0 Å². The maximum absolute atomic E-state index is 13.8. The monoisotopic (exact) mass is 388 g/mol. The van der Waals surface area contributed by atoms with Crippen LogP contribution in [0.15, 0.2) is 18.2 Å². The number of hydrogen-bond donors (Lipinski definition) is 2. The van der Waals surface area contributed by atoms with Gasteiger partial charge in [-0.2, -0.15) is 0 Å². The van der Waals surface area contributed by atoms with Crippen molar-refractivity contribution in [2.75, 3.05) is 31.1 Å². The van der Waals surface area contributed by atoms with Crippen LogP contribution in [0.4, 0.5) is 14.9 Å². The standard InChI is InChI=1S/C20H25FN4O3/c1-13-2-5-15(12-16(13)21)24-8-10-25(11-9-24)17(26)6-7-20(14-3-4-14)18(27)22-19(28)23-20/h2,5,12,14H,3-4,6-11H2,1H3,(H2,22,23,27,28). The summed E-state index contributed by atoms with van der Waals surface area (Å²) in [5.74, 6) is -0.416. The van der Waals surface area contributed by atoms with Gasteiger partial charge in [0.2, 0.25) is 5.91 Å². The minimum absolute atomic E-state index is 0.0105. The molecule has 8 heteroatoms. The number of anilines is 1. The van der Waals surface area contributed by atoms with Gasteiger partial charge in [-0.15, -0.1) is 0 Å². The van der Waals surface area contributed by atoms with E-state index in [9.17, 15) is 18.8 Å². The fourth-order valence-corrected chi connectivity index (χ4v) is 4.20. The van der Waals surface area contributed by atoms with Crippen LogP contribution in [0.1, 0.15) is 31.2 Å². The summed E-state index contributed by atoms with van der Waals surface area (Å²) in [4.78, 5) is 40.4. The summed E-state index contributed by atoms with van der Waals surface area (Å²) in [6.45, 7) is 4.13. The molecule has 3 fully saturated rings.